The second-order valence-corrected chi connectivity index (χ2v) is 19.2. The predicted octanol–water partition coefficient (Wildman–Crippen LogP) is 13.1. The monoisotopic (exact) mass is 668 g/mol. The third kappa shape index (κ3) is 9.25. The summed E-state index contributed by atoms with van der Waals surface area (Å²) in [5, 5.41) is 24.5. The van der Waals surface area contributed by atoms with Gasteiger partial charge in [0.05, 0.1) is 0 Å². The molecule has 0 spiro atoms. The van der Waals surface area contributed by atoms with E-state index < -0.39 is 0 Å². The van der Waals surface area contributed by atoms with Crippen molar-refractivity contribution in [2.45, 2.75) is 191 Å². The van der Waals surface area contributed by atoms with E-state index in [-0.39, 0.29) is 21.7 Å². The lowest BCUT2D eigenvalue weighted by molar-refractivity contribution is 0.393. The number of rotatable bonds is 12. The summed E-state index contributed by atoms with van der Waals surface area (Å²) in [5.41, 5.74) is 7.09. The topological polar surface area (TPSA) is 40.5 Å². The molecule has 2 nitrogen and oxygen atoms in total. The van der Waals surface area contributed by atoms with E-state index in [4.69, 9.17) is 0 Å². The van der Waals surface area contributed by atoms with E-state index in [9.17, 15) is 10.2 Å². The maximum atomic E-state index is 11.7. The Morgan fingerprint density at radius 3 is 1.15 bits per heavy atom. The molecular weight excluding hydrogens is 601 g/mol. The van der Waals surface area contributed by atoms with Crippen molar-refractivity contribution in [2.75, 3.05) is 0 Å². The summed E-state index contributed by atoms with van der Waals surface area (Å²) in [5.74, 6) is 2.73. The number of phenolic OH excluding ortho intramolecular Hbond substituents is 2. The minimum absolute atomic E-state index is 0.0248. The highest BCUT2D eigenvalue weighted by molar-refractivity contribution is 8.03. The van der Waals surface area contributed by atoms with Gasteiger partial charge in [0.1, 0.15) is 11.5 Å². The molecule has 260 valence electrons. The Morgan fingerprint density at radius 1 is 0.543 bits per heavy atom. The first-order chi connectivity index (χ1) is 21.4. The van der Waals surface area contributed by atoms with E-state index in [0.29, 0.717) is 22.0 Å². The Morgan fingerprint density at radius 2 is 0.870 bits per heavy atom. The number of thioether (sulfide) groups is 2. The van der Waals surface area contributed by atoms with Gasteiger partial charge in [-0.1, -0.05) is 133 Å². The van der Waals surface area contributed by atoms with Gasteiger partial charge in [-0.15, -0.1) is 0 Å². The smallest absolute Gasteiger partial charge is 0.123 e. The zero-order valence-corrected chi connectivity index (χ0v) is 33.3. The van der Waals surface area contributed by atoms with Crippen LogP contribution in [0.1, 0.15) is 181 Å². The minimum atomic E-state index is -0.0303. The van der Waals surface area contributed by atoms with Gasteiger partial charge in [-0.3, -0.25) is 0 Å². The van der Waals surface area contributed by atoms with Gasteiger partial charge in [-0.25, -0.2) is 0 Å². The van der Waals surface area contributed by atoms with Gasteiger partial charge < -0.3 is 10.2 Å². The lowest BCUT2D eigenvalue weighted by atomic mass is 9.74. The Labute approximate surface area is 292 Å². The molecule has 0 aliphatic heterocycles. The van der Waals surface area contributed by atoms with Crippen LogP contribution in [0.25, 0.3) is 0 Å². The number of benzene rings is 2. The molecule has 1 fully saturated rings. The molecule has 0 bridgehead atoms. The summed E-state index contributed by atoms with van der Waals surface area (Å²) in [6.45, 7) is 27.3. The van der Waals surface area contributed by atoms with Gasteiger partial charge >= 0.3 is 0 Å². The molecule has 3 rings (SSSR count). The average molecular weight is 669 g/mol. The van der Waals surface area contributed by atoms with Crippen molar-refractivity contribution in [3.05, 3.63) is 57.6 Å². The van der Waals surface area contributed by atoms with E-state index in [1.54, 1.807) is 0 Å². The molecule has 46 heavy (non-hydrogen) atoms. The number of hydrogen-bond acceptors (Lipinski definition) is 4. The lowest BCUT2D eigenvalue weighted by Crippen LogP contribution is -2.24. The summed E-state index contributed by atoms with van der Waals surface area (Å²) >= 11 is 4.13. The van der Waals surface area contributed by atoms with E-state index in [0.717, 1.165) is 59.4 Å². The maximum Gasteiger partial charge on any atom is 0.123 e. The highest BCUT2D eigenvalue weighted by Gasteiger charge is 2.32. The highest BCUT2D eigenvalue weighted by Crippen LogP contribution is 2.46. The van der Waals surface area contributed by atoms with Gasteiger partial charge in [-0.05, 0) is 71.3 Å². The van der Waals surface area contributed by atoms with Crippen molar-refractivity contribution in [3.8, 4) is 11.5 Å². The summed E-state index contributed by atoms with van der Waals surface area (Å²) in [4.78, 5) is 0. The molecule has 0 saturated heterocycles. The van der Waals surface area contributed by atoms with Gasteiger partial charge in [0, 0.05) is 44.3 Å². The van der Waals surface area contributed by atoms with E-state index in [2.05, 4.69) is 131 Å². The van der Waals surface area contributed by atoms with Gasteiger partial charge in [0.2, 0.25) is 0 Å². The Bertz CT molecular complexity index is 1170. The zero-order valence-electron chi connectivity index (χ0n) is 31.7. The maximum absolute atomic E-state index is 11.7. The number of hydrogen-bond donors (Lipinski definition) is 2. The Kier molecular flexibility index (Phi) is 13.6. The van der Waals surface area contributed by atoms with Crippen LogP contribution in [0.15, 0.2) is 24.3 Å². The fraction of sp³-hybridized carbons (Fsp3) is 0.714. The van der Waals surface area contributed by atoms with Crippen molar-refractivity contribution in [2.24, 2.45) is 0 Å². The lowest BCUT2D eigenvalue weighted by Gasteiger charge is -2.33. The predicted molar refractivity (Wildman–Crippen MR) is 207 cm³/mol. The van der Waals surface area contributed by atoms with E-state index in [1.807, 2.05) is 0 Å². The van der Waals surface area contributed by atoms with Crippen molar-refractivity contribution >= 4 is 23.5 Å². The zero-order chi connectivity index (χ0) is 34.5. The van der Waals surface area contributed by atoms with Crippen LogP contribution in [-0.4, -0.2) is 20.7 Å². The molecule has 0 heterocycles. The normalized spacial score (nSPS) is 18.8. The van der Waals surface area contributed by atoms with Crippen LogP contribution in [0.3, 0.4) is 0 Å². The molecule has 1 saturated carbocycles. The van der Waals surface area contributed by atoms with Gasteiger partial charge in [0.15, 0.2) is 0 Å². The Hall–Kier alpha value is -1.26. The molecule has 4 heteroatoms. The average Bonchev–Trinajstić information content (AvgIpc) is 2.99. The van der Waals surface area contributed by atoms with Gasteiger partial charge in [-0.2, -0.15) is 23.5 Å². The van der Waals surface area contributed by atoms with Crippen LogP contribution < -0.4 is 0 Å². The second-order valence-electron chi connectivity index (χ2n) is 16.8. The standard InChI is InChI=1S/C42H68O2S2/c1-13-41(11,14-2)33-25-31(39(5,6)7)23-29(37(33)43)27-45-35-21-19-17-18-20-22-36(35)46-28-30-24-32(40(8,9)10)26-34(38(30)44)42(12,15-3)16-4/h23-26,35-36,43-44H,13-22,27-28H2,1-12H3/t35-,36?/m1/s1. The molecule has 0 radical (unpaired) electrons. The fourth-order valence-electron chi connectivity index (χ4n) is 6.85. The molecule has 0 aromatic heterocycles. The highest BCUT2D eigenvalue weighted by atomic mass is 32.2. The molecule has 2 N–H and O–H groups in total. The first-order valence-electron chi connectivity index (χ1n) is 18.4. The van der Waals surface area contributed by atoms with E-state index in [1.165, 1.54) is 49.7 Å². The van der Waals surface area contributed by atoms with Crippen molar-refractivity contribution in [1.82, 2.24) is 0 Å². The molecule has 1 aliphatic rings. The Balaban J connectivity index is 1.95. The third-order valence-electron chi connectivity index (χ3n) is 11.6. The summed E-state index contributed by atoms with van der Waals surface area (Å²) in [6, 6.07) is 9.16. The van der Waals surface area contributed by atoms with Crippen LogP contribution in [0.2, 0.25) is 0 Å². The largest absolute Gasteiger partial charge is 0.507 e. The quantitative estimate of drug-likeness (QED) is 0.236. The number of phenols is 2. The molecule has 1 aliphatic carbocycles. The van der Waals surface area contributed by atoms with Gasteiger partial charge in [0.25, 0.3) is 0 Å². The van der Waals surface area contributed by atoms with Crippen LogP contribution in [0.5, 0.6) is 11.5 Å². The van der Waals surface area contributed by atoms with Crippen LogP contribution in [0, 0.1) is 0 Å². The summed E-state index contributed by atoms with van der Waals surface area (Å²) < 4.78 is 0. The third-order valence-corrected chi connectivity index (χ3v) is 14.7. The van der Waals surface area contributed by atoms with Crippen molar-refractivity contribution in [3.63, 3.8) is 0 Å². The van der Waals surface area contributed by atoms with Crippen LogP contribution in [-0.2, 0) is 33.2 Å². The molecular formula is C42H68O2S2. The number of aromatic hydroxyl groups is 2. The summed E-state index contributed by atoms with van der Waals surface area (Å²) in [6.07, 6.45) is 11.7. The SMILES string of the molecule is CCC(C)(CC)c1cc(C(C)(C)C)cc(CSC2CCCCCC[C@H]2SCc2cc(C(C)(C)C)cc(C(C)(CC)CC)c2O)c1O. The van der Waals surface area contributed by atoms with Crippen LogP contribution in [0.4, 0.5) is 0 Å². The fourth-order valence-corrected chi connectivity index (χ4v) is 9.92. The molecule has 0 amide bonds. The first-order valence-corrected chi connectivity index (χ1v) is 20.5. The first kappa shape index (κ1) is 39.2. The molecule has 2 aromatic carbocycles. The van der Waals surface area contributed by atoms with Crippen molar-refractivity contribution in [1.29, 1.82) is 0 Å². The molecule has 2 aromatic rings. The molecule has 1 unspecified atom stereocenters. The van der Waals surface area contributed by atoms with Crippen molar-refractivity contribution < 1.29 is 10.2 Å². The molecule has 2 atom stereocenters. The summed E-state index contributed by atoms with van der Waals surface area (Å²) in [7, 11) is 0. The second kappa shape index (κ2) is 16.0. The van der Waals surface area contributed by atoms with E-state index >= 15 is 0 Å². The van der Waals surface area contributed by atoms with Crippen LogP contribution >= 0.6 is 23.5 Å². The minimum Gasteiger partial charge on any atom is -0.507 e.